The Balaban J connectivity index is 1.19. The molecule has 4 aromatic rings. The van der Waals surface area contributed by atoms with Crippen molar-refractivity contribution in [2.24, 2.45) is 0 Å². The monoisotopic (exact) mass is 543 g/mol. The highest BCUT2D eigenvalue weighted by molar-refractivity contribution is 7.89. The minimum atomic E-state index is -4.40. The molecular formula is C28H24F3NO5S. The molecule has 0 unspecified atom stereocenters. The number of nitrogens with one attached hydrogen (secondary N) is 1. The molecule has 198 valence electrons. The molecule has 0 saturated heterocycles. The quantitative estimate of drug-likeness (QED) is 0.206. The highest BCUT2D eigenvalue weighted by Crippen LogP contribution is 2.31. The maximum absolute atomic E-state index is 12.7. The van der Waals surface area contributed by atoms with Crippen LogP contribution in [0.4, 0.5) is 13.2 Å². The Labute approximate surface area is 218 Å². The van der Waals surface area contributed by atoms with Crippen molar-refractivity contribution in [3.63, 3.8) is 0 Å². The van der Waals surface area contributed by atoms with E-state index in [0.29, 0.717) is 29.4 Å². The van der Waals surface area contributed by atoms with Gasteiger partial charge in [0.15, 0.2) is 0 Å². The highest BCUT2D eigenvalue weighted by atomic mass is 32.2. The van der Waals surface area contributed by atoms with Gasteiger partial charge in [0.1, 0.15) is 28.7 Å². The topological polar surface area (TPSA) is 73.9 Å². The fraction of sp³-hybridized carbons (Fsp3) is 0.143. The van der Waals surface area contributed by atoms with Crippen LogP contribution in [0, 0.1) is 0 Å². The first-order chi connectivity index (χ1) is 18.2. The summed E-state index contributed by atoms with van der Waals surface area (Å²) in [5.41, 5.74) is -0.748. The van der Waals surface area contributed by atoms with Crippen molar-refractivity contribution in [3.05, 3.63) is 109 Å². The van der Waals surface area contributed by atoms with Gasteiger partial charge < -0.3 is 14.2 Å². The van der Waals surface area contributed by atoms with E-state index >= 15 is 0 Å². The molecule has 0 bridgehead atoms. The number of ether oxygens (including phenoxy) is 3. The van der Waals surface area contributed by atoms with Crippen molar-refractivity contribution in [1.82, 2.24) is 4.72 Å². The average Bonchev–Trinajstić information content (AvgIpc) is 2.90. The third-order valence-electron chi connectivity index (χ3n) is 5.24. The zero-order chi connectivity index (χ0) is 27.0. The summed E-state index contributed by atoms with van der Waals surface area (Å²) < 4.78 is 82.4. The van der Waals surface area contributed by atoms with Crippen molar-refractivity contribution in [2.45, 2.75) is 17.5 Å². The lowest BCUT2D eigenvalue weighted by Crippen LogP contribution is -2.25. The number of benzene rings is 4. The van der Waals surface area contributed by atoms with Crippen LogP contribution >= 0.6 is 0 Å². The largest absolute Gasteiger partial charge is 0.494 e. The Morgan fingerprint density at radius 1 is 0.632 bits per heavy atom. The van der Waals surface area contributed by atoms with Gasteiger partial charge in [0.25, 0.3) is 0 Å². The molecule has 38 heavy (non-hydrogen) atoms. The molecule has 0 radical (unpaired) electrons. The number of rotatable bonds is 11. The Hall–Kier alpha value is -4.02. The van der Waals surface area contributed by atoms with Crippen molar-refractivity contribution in [2.75, 3.05) is 13.2 Å². The van der Waals surface area contributed by atoms with Crippen LogP contribution in [0.5, 0.6) is 28.7 Å². The number of halogens is 3. The molecule has 0 aliphatic rings. The SMILES string of the molecule is O=S(=O)(NCCCOc1ccc(Oc2ccc(C(F)(F)F)cc2)cc1)c1ccc(Oc2ccccc2)cc1. The Morgan fingerprint density at radius 3 is 1.66 bits per heavy atom. The van der Waals surface area contributed by atoms with E-state index in [1.54, 1.807) is 48.5 Å². The van der Waals surface area contributed by atoms with Crippen molar-refractivity contribution in [1.29, 1.82) is 0 Å². The fourth-order valence-electron chi connectivity index (χ4n) is 3.32. The summed E-state index contributed by atoms with van der Waals surface area (Å²) in [6.45, 7) is 0.450. The first-order valence-electron chi connectivity index (χ1n) is 11.6. The fourth-order valence-corrected chi connectivity index (χ4v) is 4.39. The molecule has 10 heteroatoms. The summed E-state index contributed by atoms with van der Waals surface area (Å²) in [5, 5.41) is 0. The van der Waals surface area contributed by atoms with Crippen LogP contribution in [-0.4, -0.2) is 21.6 Å². The van der Waals surface area contributed by atoms with Crippen LogP contribution in [0.2, 0.25) is 0 Å². The first kappa shape index (κ1) is 27.0. The summed E-state index contributed by atoms with van der Waals surface area (Å²) >= 11 is 0. The number of hydrogen-bond donors (Lipinski definition) is 1. The number of sulfonamides is 1. The summed E-state index contributed by atoms with van der Waals surface area (Å²) in [4.78, 5) is 0.127. The van der Waals surface area contributed by atoms with Crippen molar-refractivity contribution >= 4 is 10.0 Å². The zero-order valence-corrected chi connectivity index (χ0v) is 20.8. The average molecular weight is 544 g/mol. The van der Waals surface area contributed by atoms with Gasteiger partial charge in [0, 0.05) is 6.54 Å². The molecule has 0 aliphatic heterocycles. The van der Waals surface area contributed by atoms with E-state index in [1.807, 2.05) is 18.2 Å². The molecule has 6 nitrogen and oxygen atoms in total. The standard InChI is InChI=1S/C28H24F3NO5S/c29-28(30,31)21-7-9-24(10-8-21)37-25-13-11-22(12-14-25)35-20-4-19-32-38(33,34)27-17-15-26(16-18-27)36-23-5-2-1-3-6-23/h1-3,5-18,32H,4,19-20H2. The van der Waals surface area contributed by atoms with Gasteiger partial charge in [-0.05, 0) is 91.3 Å². The van der Waals surface area contributed by atoms with E-state index in [9.17, 15) is 21.6 Å². The van der Waals surface area contributed by atoms with E-state index < -0.39 is 21.8 Å². The number of hydrogen-bond acceptors (Lipinski definition) is 5. The molecule has 0 atom stereocenters. The Kier molecular flexibility index (Phi) is 8.55. The first-order valence-corrected chi connectivity index (χ1v) is 13.1. The lowest BCUT2D eigenvalue weighted by Gasteiger charge is -2.11. The number of para-hydroxylation sites is 1. The van der Waals surface area contributed by atoms with Gasteiger partial charge in [-0.1, -0.05) is 18.2 Å². The van der Waals surface area contributed by atoms with Crippen LogP contribution in [0.25, 0.3) is 0 Å². The smallest absolute Gasteiger partial charge is 0.416 e. The van der Waals surface area contributed by atoms with Gasteiger partial charge in [-0.3, -0.25) is 0 Å². The van der Waals surface area contributed by atoms with Crippen LogP contribution < -0.4 is 18.9 Å². The summed E-state index contributed by atoms with van der Waals surface area (Å²) in [7, 11) is -3.68. The Morgan fingerprint density at radius 2 is 1.11 bits per heavy atom. The lowest BCUT2D eigenvalue weighted by molar-refractivity contribution is -0.137. The normalized spacial score (nSPS) is 11.7. The van der Waals surface area contributed by atoms with Crippen LogP contribution in [-0.2, 0) is 16.2 Å². The van der Waals surface area contributed by atoms with E-state index in [-0.39, 0.29) is 23.8 Å². The van der Waals surface area contributed by atoms with Crippen molar-refractivity contribution in [3.8, 4) is 28.7 Å². The van der Waals surface area contributed by atoms with Gasteiger partial charge in [-0.15, -0.1) is 0 Å². The van der Waals surface area contributed by atoms with Crippen LogP contribution in [0.3, 0.4) is 0 Å². The maximum atomic E-state index is 12.7. The molecular weight excluding hydrogens is 519 g/mol. The van der Waals surface area contributed by atoms with Crippen molar-refractivity contribution < 1.29 is 35.8 Å². The molecule has 0 aliphatic carbocycles. The highest BCUT2D eigenvalue weighted by Gasteiger charge is 2.30. The molecule has 4 aromatic carbocycles. The predicted octanol–water partition coefficient (Wildman–Crippen LogP) is 7.04. The molecule has 4 rings (SSSR count). The van der Waals surface area contributed by atoms with E-state index in [0.717, 1.165) is 12.1 Å². The third-order valence-corrected chi connectivity index (χ3v) is 6.71. The maximum Gasteiger partial charge on any atom is 0.416 e. The molecule has 0 amide bonds. The third kappa shape index (κ3) is 7.74. The summed E-state index contributed by atoms with van der Waals surface area (Å²) in [6.07, 6.45) is -3.97. The second-order valence-electron chi connectivity index (χ2n) is 8.08. The molecule has 0 saturated carbocycles. The van der Waals surface area contributed by atoms with Gasteiger partial charge in [0.2, 0.25) is 10.0 Å². The zero-order valence-electron chi connectivity index (χ0n) is 20.0. The second kappa shape index (κ2) is 12.0. The summed E-state index contributed by atoms with van der Waals surface area (Å²) in [5.74, 6) is 2.44. The second-order valence-corrected chi connectivity index (χ2v) is 9.85. The molecule has 0 fully saturated rings. The molecule has 0 heterocycles. The Bertz CT molecular complexity index is 1410. The predicted molar refractivity (Wildman–Crippen MR) is 136 cm³/mol. The summed E-state index contributed by atoms with van der Waals surface area (Å²) in [6, 6.07) is 26.3. The van der Waals surface area contributed by atoms with Gasteiger partial charge >= 0.3 is 6.18 Å². The molecule has 1 N–H and O–H groups in total. The van der Waals surface area contributed by atoms with E-state index in [2.05, 4.69) is 4.72 Å². The van der Waals surface area contributed by atoms with Crippen LogP contribution in [0.15, 0.2) is 108 Å². The van der Waals surface area contributed by atoms with Gasteiger partial charge in [-0.2, -0.15) is 13.2 Å². The van der Waals surface area contributed by atoms with Gasteiger partial charge in [0.05, 0.1) is 17.1 Å². The molecule has 0 spiro atoms. The minimum Gasteiger partial charge on any atom is -0.494 e. The van der Waals surface area contributed by atoms with Crippen LogP contribution in [0.1, 0.15) is 12.0 Å². The van der Waals surface area contributed by atoms with E-state index in [4.69, 9.17) is 14.2 Å². The minimum absolute atomic E-state index is 0.127. The lowest BCUT2D eigenvalue weighted by atomic mass is 10.2. The number of alkyl halides is 3. The molecule has 0 aromatic heterocycles. The van der Waals surface area contributed by atoms with E-state index in [1.165, 1.54) is 24.3 Å². The van der Waals surface area contributed by atoms with Gasteiger partial charge in [-0.25, -0.2) is 13.1 Å².